The van der Waals surface area contributed by atoms with Gasteiger partial charge in [-0.3, -0.25) is 4.79 Å². The third kappa shape index (κ3) is 1.84. The van der Waals surface area contributed by atoms with E-state index in [1.165, 1.54) is 4.88 Å². The van der Waals surface area contributed by atoms with E-state index < -0.39 is 0 Å². The van der Waals surface area contributed by atoms with Crippen LogP contribution in [0, 0.1) is 6.92 Å². The van der Waals surface area contributed by atoms with Crippen molar-refractivity contribution in [3.8, 4) is 0 Å². The van der Waals surface area contributed by atoms with Crippen LogP contribution in [0.15, 0.2) is 10.3 Å². The Morgan fingerprint density at radius 2 is 2.27 bits per heavy atom. The monoisotopic (exact) mass is 186 g/mol. The number of ketones is 1. The highest BCUT2D eigenvalue weighted by molar-refractivity contribution is 8.00. The minimum Gasteiger partial charge on any atom is -0.294 e. The van der Waals surface area contributed by atoms with Crippen molar-refractivity contribution in [3.63, 3.8) is 0 Å². The SMILES string of the molecule is CSc1sc(C)cc1C(C)=O. The van der Waals surface area contributed by atoms with E-state index in [2.05, 4.69) is 0 Å². The molecule has 0 radical (unpaired) electrons. The molecule has 0 aliphatic rings. The van der Waals surface area contributed by atoms with Gasteiger partial charge in [0.1, 0.15) is 0 Å². The highest BCUT2D eigenvalue weighted by Gasteiger charge is 2.09. The van der Waals surface area contributed by atoms with Crippen molar-refractivity contribution in [1.82, 2.24) is 0 Å². The molecule has 0 spiro atoms. The minimum absolute atomic E-state index is 0.165. The Kier molecular flexibility index (Phi) is 2.73. The summed E-state index contributed by atoms with van der Waals surface area (Å²) in [6, 6.07) is 1.96. The van der Waals surface area contributed by atoms with Gasteiger partial charge in [-0.25, -0.2) is 0 Å². The number of carbonyl (C=O) groups excluding carboxylic acids is 1. The van der Waals surface area contributed by atoms with Gasteiger partial charge < -0.3 is 0 Å². The van der Waals surface area contributed by atoms with Crippen molar-refractivity contribution in [2.45, 2.75) is 18.1 Å². The van der Waals surface area contributed by atoms with Crippen LogP contribution in [0.5, 0.6) is 0 Å². The summed E-state index contributed by atoms with van der Waals surface area (Å²) in [6.07, 6.45) is 2.00. The average molecular weight is 186 g/mol. The normalized spacial score (nSPS) is 10.1. The third-order valence-corrected chi connectivity index (χ3v) is 3.57. The second-order valence-electron chi connectivity index (χ2n) is 2.32. The Balaban J connectivity index is 3.12. The molecule has 0 amide bonds. The van der Waals surface area contributed by atoms with Crippen molar-refractivity contribution in [3.05, 3.63) is 16.5 Å². The number of rotatable bonds is 2. The van der Waals surface area contributed by atoms with Crippen molar-refractivity contribution in [1.29, 1.82) is 0 Å². The smallest absolute Gasteiger partial charge is 0.161 e. The zero-order valence-corrected chi connectivity index (χ0v) is 8.44. The van der Waals surface area contributed by atoms with Gasteiger partial charge in [0, 0.05) is 10.4 Å². The molecule has 1 nitrogen and oxygen atoms in total. The molecule has 0 saturated carbocycles. The van der Waals surface area contributed by atoms with Gasteiger partial charge in [-0.15, -0.1) is 23.1 Å². The van der Waals surface area contributed by atoms with Gasteiger partial charge in [-0.1, -0.05) is 0 Å². The third-order valence-electron chi connectivity index (χ3n) is 1.39. The maximum atomic E-state index is 11.0. The van der Waals surface area contributed by atoms with Crippen molar-refractivity contribution >= 4 is 28.9 Å². The lowest BCUT2D eigenvalue weighted by Crippen LogP contribution is -1.89. The molecule has 0 N–H and O–H groups in total. The molecule has 3 heteroatoms. The predicted octanol–water partition coefficient (Wildman–Crippen LogP) is 2.98. The number of hydrogen-bond donors (Lipinski definition) is 0. The molecule has 11 heavy (non-hydrogen) atoms. The molecule has 0 bridgehead atoms. The van der Waals surface area contributed by atoms with E-state index in [0.717, 1.165) is 9.77 Å². The standard InChI is InChI=1S/C8H10OS2/c1-5-4-7(6(2)9)8(10-3)11-5/h4H,1-3H3. The zero-order valence-electron chi connectivity index (χ0n) is 6.80. The van der Waals surface area contributed by atoms with Crippen molar-refractivity contribution < 1.29 is 4.79 Å². The molecule has 0 saturated heterocycles. The van der Waals surface area contributed by atoms with E-state index in [-0.39, 0.29) is 5.78 Å². The number of hydrogen-bond acceptors (Lipinski definition) is 3. The molecule has 0 aliphatic heterocycles. The number of aryl methyl sites for hydroxylation is 1. The Bertz CT molecular complexity index is 276. The molecule has 0 fully saturated rings. The fraction of sp³-hybridized carbons (Fsp3) is 0.375. The summed E-state index contributed by atoms with van der Waals surface area (Å²) >= 11 is 3.33. The van der Waals surface area contributed by atoms with Gasteiger partial charge in [0.05, 0.1) is 4.21 Å². The van der Waals surface area contributed by atoms with E-state index in [1.807, 2.05) is 19.2 Å². The Labute approximate surface area is 74.8 Å². The van der Waals surface area contributed by atoms with E-state index in [4.69, 9.17) is 0 Å². The topological polar surface area (TPSA) is 17.1 Å². The molecule has 1 rings (SSSR count). The Hall–Kier alpha value is -0.280. The highest BCUT2D eigenvalue weighted by Crippen LogP contribution is 2.30. The Morgan fingerprint density at radius 3 is 2.64 bits per heavy atom. The van der Waals surface area contributed by atoms with E-state index in [9.17, 15) is 4.79 Å². The predicted molar refractivity (Wildman–Crippen MR) is 50.8 cm³/mol. The van der Waals surface area contributed by atoms with E-state index >= 15 is 0 Å². The molecule has 0 atom stereocenters. The van der Waals surface area contributed by atoms with Gasteiger partial charge in [-0.05, 0) is 26.2 Å². The van der Waals surface area contributed by atoms with Crippen LogP contribution in [0.4, 0.5) is 0 Å². The van der Waals surface area contributed by atoms with Gasteiger partial charge >= 0.3 is 0 Å². The second-order valence-corrected chi connectivity index (χ2v) is 4.65. The number of carbonyl (C=O) groups is 1. The lowest BCUT2D eigenvalue weighted by Gasteiger charge is -1.92. The molecule has 0 aromatic carbocycles. The van der Waals surface area contributed by atoms with Crippen LogP contribution in [0.1, 0.15) is 22.2 Å². The summed E-state index contributed by atoms with van der Waals surface area (Å²) in [7, 11) is 0. The van der Waals surface area contributed by atoms with Crippen LogP contribution in [-0.4, -0.2) is 12.0 Å². The largest absolute Gasteiger partial charge is 0.294 e. The highest BCUT2D eigenvalue weighted by atomic mass is 32.2. The number of Topliss-reactive ketones (excluding diaryl/α,β-unsaturated/α-hetero) is 1. The summed E-state index contributed by atoms with van der Waals surface area (Å²) in [5.41, 5.74) is 0.875. The van der Waals surface area contributed by atoms with Gasteiger partial charge in [0.15, 0.2) is 5.78 Å². The summed E-state index contributed by atoms with van der Waals surface area (Å²) in [5.74, 6) is 0.165. The van der Waals surface area contributed by atoms with Gasteiger partial charge in [0.2, 0.25) is 0 Å². The first kappa shape index (κ1) is 8.81. The van der Waals surface area contributed by atoms with E-state index in [0.29, 0.717) is 0 Å². The molecule has 0 unspecified atom stereocenters. The average Bonchev–Trinajstić information content (AvgIpc) is 2.30. The fourth-order valence-corrected chi connectivity index (χ4v) is 2.82. The quantitative estimate of drug-likeness (QED) is 0.522. The fourth-order valence-electron chi connectivity index (χ4n) is 0.890. The van der Waals surface area contributed by atoms with E-state index in [1.54, 1.807) is 30.0 Å². The number of thiophene rings is 1. The molecule has 0 aliphatic carbocycles. The summed E-state index contributed by atoms with van der Waals surface area (Å²) < 4.78 is 1.13. The summed E-state index contributed by atoms with van der Waals surface area (Å²) in [5, 5.41) is 0. The Morgan fingerprint density at radius 1 is 1.64 bits per heavy atom. The molecular formula is C8H10OS2. The molecule has 1 aromatic heterocycles. The lowest BCUT2D eigenvalue weighted by atomic mass is 10.2. The number of thioether (sulfide) groups is 1. The first-order valence-corrected chi connectivity index (χ1v) is 5.34. The maximum Gasteiger partial charge on any atom is 0.161 e. The van der Waals surface area contributed by atoms with Crippen LogP contribution in [0.2, 0.25) is 0 Å². The summed E-state index contributed by atoms with van der Waals surface area (Å²) in [6.45, 7) is 3.64. The van der Waals surface area contributed by atoms with Crippen LogP contribution < -0.4 is 0 Å². The van der Waals surface area contributed by atoms with Crippen molar-refractivity contribution in [2.75, 3.05) is 6.26 Å². The van der Waals surface area contributed by atoms with Crippen molar-refractivity contribution in [2.24, 2.45) is 0 Å². The maximum absolute atomic E-state index is 11.0. The zero-order chi connectivity index (χ0) is 8.43. The molecule has 1 heterocycles. The van der Waals surface area contributed by atoms with Gasteiger partial charge in [-0.2, -0.15) is 0 Å². The molecular weight excluding hydrogens is 176 g/mol. The molecule has 60 valence electrons. The van der Waals surface area contributed by atoms with Crippen LogP contribution in [0.25, 0.3) is 0 Å². The van der Waals surface area contributed by atoms with Crippen LogP contribution in [-0.2, 0) is 0 Å². The first-order valence-electron chi connectivity index (χ1n) is 3.30. The van der Waals surface area contributed by atoms with Crippen LogP contribution in [0.3, 0.4) is 0 Å². The minimum atomic E-state index is 0.165. The van der Waals surface area contributed by atoms with Crippen LogP contribution >= 0.6 is 23.1 Å². The second kappa shape index (κ2) is 3.41. The lowest BCUT2D eigenvalue weighted by molar-refractivity contribution is 0.101. The van der Waals surface area contributed by atoms with Gasteiger partial charge in [0.25, 0.3) is 0 Å². The molecule has 1 aromatic rings. The summed E-state index contributed by atoms with van der Waals surface area (Å²) in [4.78, 5) is 12.2. The first-order chi connectivity index (χ1) is 5.15.